The lowest BCUT2D eigenvalue weighted by Gasteiger charge is -2.09. The van der Waals surface area contributed by atoms with Gasteiger partial charge in [-0.25, -0.2) is 4.68 Å². The van der Waals surface area contributed by atoms with E-state index in [2.05, 4.69) is 5.10 Å². The Morgan fingerprint density at radius 2 is 2.10 bits per heavy atom. The number of hydrogen-bond acceptors (Lipinski definition) is 4. The number of nitrogens with zero attached hydrogens (tertiary/aromatic N) is 2. The third-order valence-electron chi connectivity index (χ3n) is 3.12. The van der Waals surface area contributed by atoms with E-state index in [1.165, 1.54) is 0 Å². The Hall–Kier alpha value is -2.30. The van der Waals surface area contributed by atoms with Crippen molar-refractivity contribution in [1.29, 1.82) is 0 Å². The number of carbonyl (C=O) groups is 1. The zero-order valence-electron chi connectivity index (χ0n) is 11.3. The van der Waals surface area contributed by atoms with Crippen LogP contribution in [0.25, 0.3) is 5.69 Å². The molecule has 0 spiro atoms. The molecule has 3 rings (SSSR count). The van der Waals surface area contributed by atoms with Gasteiger partial charge in [0, 0.05) is 6.07 Å². The minimum atomic E-state index is -0.174. The van der Waals surface area contributed by atoms with Gasteiger partial charge < -0.3 is 9.47 Å². The number of ether oxygens (including phenoxy) is 2. The standard InChI is InChI=1S/C15H16N2O3/c1-11-9-14(19-10-20-15(18)12-7-8-12)17(16-11)13-5-3-2-4-6-13/h2-6,9,12H,7-8,10H2,1H3. The number of esters is 1. The summed E-state index contributed by atoms with van der Waals surface area (Å²) < 4.78 is 12.3. The number of carbonyl (C=O) groups excluding carboxylic acids is 1. The highest BCUT2D eigenvalue weighted by Gasteiger charge is 2.31. The zero-order chi connectivity index (χ0) is 13.9. The fourth-order valence-corrected chi connectivity index (χ4v) is 1.92. The van der Waals surface area contributed by atoms with Crippen molar-refractivity contribution >= 4 is 5.97 Å². The summed E-state index contributed by atoms with van der Waals surface area (Å²) in [5.74, 6) is 0.476. The van der Waals surface area contributed by atoms with Crippen LogP contribution in [0.15, 0.2) is 36.4 Å². The molecule has 1 aromatic carbocycles. The van der Waals surface area contributed by atoms with Crippen molar-refractivity contribution in [1.82, 2.24) is 9.78 Å². The number of rotatable bonds is 5. The second-order valence-corrected chi connectivity index (χ2v) is 4.87. The van der Waals surface area contributed by atoms with E-state index >= 15 is 0 Å². The molecular formula is C15H16N2O3. The summed E-state index contributed by atoms with van der Waals surface area (Å²) >= 11 is 0. The maximum Gasteiger partial charge on any atom is 0.311 e. The molecule has 5 nitrogen and oxygen atoms in total. The Bertz CT molecular complexity index is 603. The van der Waals surface area contributed by atoms with Crippen molar-refractivity contribution in [3.05, 3.63) is 42.1 Å². The molecule has 0 amide bonds. The van der Waals surface area contributed by atoms with Crippen LogP contribution in [0.4, 0.5) is 0 Å². The van der Waals surface area contributed by atoms with E-state index in [4.69, 9.17) is 9.47 Å². The van der Waals surface area contributed by atoms with E-state index in [-0.39, 0.29) is 18.7 Å². The predicted molar refractivity (Wildman–Crippen MR) is 72.6 cm³/mol. The van der Waals surface area contributed by atoms with Crippen molar-refractivity contribution < 1.29 is 14.3 Å². The van der Waals surface area contributed by atoms with Crippen molar-refractivity contribution in [3.63, 3.8) is 0 Å². The molecule has 5 heteroatoms. The molecule has 0 aliphatic heterocycles. The number of aryl methyl sites for hydroxylation is 1. The highest BCUT2D eigenvalue weighted by atomic mass is 16.7. The molecule has 104 valence electrons. The van der Waals surface area contributed by atoms with E-state index < -0.39 is 0 Å². The van der Waals surface area contributed by atoms with Crippen molar-refractivity contribution in [2.24, 2.45) is 5.92 Å². The number of para-hydroxylation sites is 1. The maximum atomic E-state index is 11.4. The van der Waals surface area contributed by atoms with Crippen LogP contribution in [0, 0.1) is 12.8 Å². The van der Waals surface area contributed by atoms with Gasteiger partial charge in [0.1, 0.15) is 0 Å². The first kappa shape index (κ1) is 12.7. The second-order valence-electron chi connectivity index (χ2n) is 4.87. The second kappa shape index (κ2) is 5.36. The fourth-order valence-electron chi connectivity index (χ4n) is 1.92. The van der Waals surface area contributed by atoms with Crippen LogP contribution in [0.2, 0.25) is 0 Å². The smallest absolute Gasteiger partial charge is 0.311 e. The van der Waals surface area contributed by atoms with Gasteiger partial charge in [0.15, 0.2) is 0 Å². The normalized spacial score (nSPS) is 14.1. The van der Waals surface area contributed by atoms with Gasteiger partial charge in [0.25, 0.3) is 0 Å². The number of benzene rings is 1. The van der Waals surface area contributed by atoms with E-state index in [1.807, 2.05) is 43.3 Å². The SMILES string of the molecule is Cc1cc(OCOC(=O)C2CC2)n(-c2ccccc2)n1. The molecule has 1 fully saturated rings. The van der Waals surface area contributed by atoms with Crippen LogP contribution in [-0.4, -0.2) is 22.5 Å². The average molecular weight is 272 g/mol. The Kier molecular flexibility index (Phi) is 3.41. The lowest BCUT2D eigenvalue weighted by Crippen LogP contribution is -2.13. The van der Waals surface area contributed by atoms with Crippen LogP contribution < -0.4 is 4.74 Å². The molecule has 0 saturated heterocycles. The molecule has 20 heavy (non-hydrogen) atoms. The average Bonchev–Trinajstić information content (AvgIpc) is 3.24. The van der Waals surface area contributed by atoms with E-state index in [1.54, 1.807) is 4.68 Å². The molecule has 1 heterocycles. The monoisotopic (exact) mass is 272 g/mol. The summed E-state index contributed by atoms with van der Waals surface area (Å²) in [5, 5.41) is 4.38. The molecular weight excluding hydrogens is 256 g/mol. The van der Waals surface area contributed by atoms with E-state index in [9.17, 15) is 4.79 Å². The molecule has 1 aromatic heterocycles. The van der Waals surface area contributed by atoms with Crippen LogP contribution in [-0.2, 0) is 9.53 Å². The molecule has 0 radical (unpaired) electrons. The lowest BCUT2D eigenvalue weighted by molar-refractivity contribution is -0.151. The molecule has 0 unspecified atom stereocenters. The van der Waals surface area contributed by atoms with Crippen molar-refractivity contribution in [3.8, 4) is 11.6 Å². The molecule has 1 aliphatic carbocycles. The van der Waals surface area contributed by atoms with E-state index in [0.29, 0.717) is 5.88 Å². The minimum Gasteiger partial charge on any atom is -0.440 e. The molecule has 0 bridgehead atoms. The Morgan fingerprint density at radius 3 is 2.80 bits per heavy atom. The summed E-state index contributed by atoms with van der Waals surface area (Å²) in [5.41, 5.74) is 1.75. The number of aromatic nitrogens is 2. The van der Waals surface area contributed by atoms with Gasteiger partial charge in [-0.1, -0.05) is 18.2 Å². The van der Waals surface area contributed by atoms with Gasteiger partial charge in [0.2, 0.25) is 12.7 Å². The first-order chi connectivity index (χ1) is 9.74. The van der Waals surface area contributed by atoms with Gasteiger partial charge in [-0.3, -0.25) is 4.79 Å². The van der Waals surface area contributed by atoms with Gasteiger partial charge in [-0.05, 0) is 31.9 Å². The van der Waals surface area contributed by atoms with E-state index in [0.717, 1.165) is 24.2 Å². The van der Waals surface area contributed by atoms with Gasteiger partial charge in [-0.15, -0.1) is 0 Å². The highest BCUT2D eigenvalue weighted by Crippen LogP contribution is 2.30. The Morgan fingerprint density at radius 1 is 1.35 bits per heavy atom. The summed E-state index contributed by atoms with van der Waals surface area (Å²) in [6.45, 7) is 1.82. The largest absolute Gasteiger partial charge is 0.440 e. The molecule has 2 aromatic rings. The summed E-state index contributed by atoms with van der Waals surface area (Å²) in [7, 11) is 0. The summed E-state index contributed by atoms with van der Waals surface area (Å²) in [4.78, 5) is 11.4. The first-order valence-corrected chi connectivity index (χ1v) is 6.65. The lowest BCUT2D eigenvalue weighted by atomic mass is 10.3. The fraction of sp³-hybridized carbons (Fsp3) is 0.333. The minimum absolute atomic E-state index is 0.0761. The van der Waals surface area contributed by atoms with Gasteiger partial charge >= 0.3 is 5.97 Å². The predicted octanol–water partition coefficient (Wildman–Crippen LogP) is 2.47. The molecule has 0 atom stereocenters. The van der Waals surface area contributed by atoms with Crippen LogP contribution in [0.3, 0.4) is 0 Å². The highest BCUT2D eigenvalue weighted by molar-refractivity contribution is 5.74. The summed E-state index contributed by atoms with van der Waals surface area (Å²) in [6.07, 6.45) is 1.86. The zero-order valence-corrected chi connectivity index (χ0v) is 11.3. The number of hydrogen-bond donors (Lipinski definition) is 0. The maximum absolute atomic E-state index is 11.4. The third-order valence-corrected chi connectivity index (χ3v) is 3.12. The summed E-state index contributed by atoms with van der Waals surface area (Å²) in [6, 6.07) is 11.5. The van der Waals surface area contributed by atoms with Crippen LogP contribution in [0.5, 0.6) is 5.88 Å². The molecule has 1 aliphatic rings. The topological polar surface area (TPSA) is 53.4 Å². The van der Waals surface area contributed by atoms with Crippen LogP contribution in [0.1, 0.15) is 18.5 Å². The van der Waals surface area contributed by atoms with Gasteiger partial charge in [-0.2, -0.15) is 5.10 Å². The van der Waals surface area contributed by atoms with Crippen molar-refractivity contribution in [2.45, 2.75) is 19.8 Å². The molecule has 0 N–H and O–H groups in total. The Balaban J connectivity index is 1.68. The molecule has 1 saturated carbocycles. The third kappa shape index (κ3) is 2.82. The van der Waals surface area contributed by atoms with Crippen LogP contribution >= 0.6 is 0 Å². The first-order valence-electron chi connectivity index (χ1n) is 6.65. The van der Waals surface area contributed by atoms with Gasteiger partial charge in [0.05, 0.1) is 17.3 Å². The Labute approximate surface area is 117 Å². The van der Waals surface area contributed by atoms with Crippen molar-refractivity contribution in [2.75, 3.05) is 6.79 Å². The quantitative estimate of drug-likeness (QED) is 0.620.